The Morgan fingerprint density at radius 3 is 1.13 bits per heavy atom. The molecule has 0 unspecified atom stereocenters. The Morgan fingerprint density at radius 1 is 0.311 bits per heavy atom. The molecule has 2 nitrogen and oxygen atoms in total. The van der Waals surface area contributed by atoms with E-state index in [1.807, 2.05) is 12.1 Å². The molecule has 1 heterocycles. The molecule has 10 aromatic rings. The normalized spacial score (nSPS) is 11.9. The van der Waals surface area contributed by atoms with Crippen molar-refractivity contribution in [3.63, 3.8) is 0 Å². The predicted octanol–water partition coefficient (Wildman–Crippen LogP) is 12.3. The van der Waals surface area contributed by atoms with Crippen LogP contribution in [0.15, 0.2) is 235 Å². The van der Waals surface area contributed by atoms with Gasteiger partial charge in [0.15, 0.2) is 8.07 Å². The largest absolute Gasteiger partial charge is 0.456 e. The lowest BCUT2D eigenvalue weighted by Gasteiger charge is -2.34. The average Bonchev–Trinajstić information content (AvgIpc) is 3.69. The molecule has 0 radical (unpaired) electrons. The first-order valence-electron chi connectivity index (χ1n) is 21.2. The van der Waals surface area contributed by atoms with Crippen LogP contribution in [-0.2, 0) is 0 Å². The maximum absolute atomic E-state index is 6.40. The summed E-state index contributed by atoms with van der Waals surface area (Å²) in [7, 11) is -3.98. The second-order valence-electron chi connectivity index (χ2n) is 17.0. The van der Waals surface area contributed by atoms with Crippen LogP contribution in [0.25, 0.3) is 44.2 Å². The van der Waals surface area contributed by atoms with Crippen molar-refractivity contribution in [3.8, 4) is 22.3 Å². The lowest BCUT2D eigenvalue weighted by atomic mass is 10.0. The summed E-state index contributed by atoms with van der Waals surface area (Å²) < 4.78 is 6.40. The van der Waals surface area contributed by atoms with Gasteiger partial charge < -0.3 is 9.32 Å². The number of benzene rings is 9. The summed E-state index contributed by atoms with van der Waals surface area (Å²) in [5, 5.41) is 9.20. The number of nitrogens with zero attached hydrogens (tertiary/aromatic N) is 1. The molecule has 0 aliphatic rings. The lowest BCUT2D eigenvalue weighted by molar-refractivity contribution is 0.669. The number of hydrogen-bond acceptors (Lipinski definition) is 2. The van der Waals surface area contributed by atoms with Crippen LogP contribution in [0.4, 0.5) is 17.1 Å². The van der Waals surface area contributed by atoms with Crippen molar-refractivity contribution < 1.29 is 4.42 Å². The quantitative estimate of drug-likeness (QED) is 0.101. The Hall–Kier alpha value is -6.99. The Kier molecular flexibility index (Phi) is 9.96. The summed E-state index contributed by atoms with van der Waals surface area (Å²) in [5.41, 5.74) is 9.77. The third-order valence-electron chi connectivity index (χ3n) is 12.2. The average molecular weight is 818 g/mol. The molecule has 0 saturated carbocycles. The van der Waals surface area contributed by atoms with Gasteiger partial charge in [-0.1, -0.05) is 207 Å². The highest BCUT2D eigenvalue weighted by Gasteiger charge is 2.41. The highest BCUT2D eigenvalue weighted by atomic mass is 28.3. The number of rotatable bonds is 10. The zero-order valence-electron chi connectivity index (χ0n) is 34.8. The zero-order valence-corrected chi connectivity index (χ0v) is 36.8. The van der Waals surface area contributed by atoms with Crippen LogP contribution in [0.5, 0.6) is 0 Å². The number of para-hydroxylation sites is 1. The van der Waals surface area contributed by atoms with Gasteiger partial charge in [0.05, 0.1) is 8.07 Å². The van der Waals surface area contributed by atoms with Crippen molar-refractivity contribution in [2.75, 3.05) is 4.90 Å². The smallest absolute Gasteiger partial charge is 0.179 e. The molecular formula is C57H47NOSi2. The van der Waals surface area contributed by atoms with Crippen molar-refractivity contribution in [2.24, 2.45) is 0 Å². The minimum atomic E-state index is -2.60. The van der Waals surface area contributed by atoms with E-state index >= 15 is 0 Å². The summed E-state index contributed by atoms with van der Waals surface area (Å²) in [6, 6.07) is 84.6. The van der Waals surface area contributed by atoms with E-state index in [9.17, 15) is 0 Å². The molecule has 10 rings (SSSR count). The fraction of sp³-hybridized carbons (Fsp3) is 0.0526. The van der Waals surface area contributed by atoms with Gasteiger partial charge in [-0.3, -0.25) is 0 Å². The van der Waals surface area contributed by atoms with E-state index in [0.717, 1.165) is 39.0 Å². The fourth-order valence-electron chi connectivity index (χ4n) is 9.05. The first-order chi connectivity index (χ1) is 29.9. The van der Waals surface area contributed by atoms with Gasteiger partial charge in [0.2, 0.25) is 0 Å². The van der Waals surface area contributed by atoms with Crippen LogP contribution in [0, 0.1) is 0 Å². The molecule has 4 heteroatoms. The second-order valence-corrected chi connectivity index (χ2v) is 25.8. The SMILES string of the molecule is C[Si](C)(C)c1ccc(-c2ccc(N(c3ccc(-c4ccc([Si](c5ccccc5)(c5ccccc5)c5ccccc5)cc4)cc3)c3ccc4c(c3)oc3ccccc34)cc2)cc1. The van der Waals surface area contributed by atoms with Crippen molar-refractivity contribution in [1.29, 1.82) is 0 Å². The molecule has 0 N–H and O–H groups in total. The first-order valence-corrected chi connectivity index (χ1v) is 26.7. The van der Waals surface area contributed by atoms with Gasteiger partial charge in [-0.05, 0) is 85.5 Å². The molecule has 0 fully saturated rings. The molecule has 0 amide bonds. The molecule has 61 heavy (non-hydrogen) atoms. The Labute approximate surface area is 361 Å². The third-order valence-corrected chi connectivity index (χ3v) is 19.1. The number of anilines is 3. The van der Waals surface area contributed by atoms with Gasteiger partial charge in [-0.25, -0.2) is 0 Å². The van der Waals surface area contributed by atoms with E-state index in [4.69, 9.17) is 4.42 Å². The Balaban J connectivity index is 1.03. The lowest BCUT2D eigenvalue weighted by Crippen LogP contribution is -2.74. The topological polar surface area (TPSA) is 16.4 Å². The van der Waals surface area contributed by atoms with Gasteiger partial charge >= 0.3 is 0 Å². The molecule has 9 aromatic carbocycles. The fourth-order valence-corrected chi connectivity index (χ4v) is 15.0. The summed E-state index contributed by atoms with van der Waals surface area (Å²) in [4.78, 5) is 2.33. The Bertz CT molecular complexity index is 2970. The minimum absolute atomic E-state index is 0.876. The molecular weight excluding hydrogens is 771 g/mol. The summed E-state index contributed by atoms with van der Waals surface area (Å²) >= 11 is 0. The van der Waals surface area contributed by atoms with E-state index in [1.54, 1.807) is 0 Å². The van der Waals surface area contributed by atoms with Crippen molar-refractivity contribution in [3.05, 3.63) is 231 Å². The maximum atomic E-state index is 6.40. The van der Waals surface area contributed by atoms with Crippen molar-refractivity contribution in [1.82, 2.24) is 0 Å². The van der Waals surface area contributed by atoms with E-state index < -0.39 is 16.1 Å². The molecule has 294 valence electrons. The molecule has 0 aliphatic heterocycles. The van der Waals surface area contributed by atoms with Gasteiger partial charge in [-0.2, -0.15) is 0 Å². The van der Waals surface area contributed by atoms with E-state index in [0.29, 0.717) is 0 Å². The van der Waals surface area contributed by atoms with Crippen LogP contribution in [-0.4, -0.2) is 16.1 Å². The first kappa shape index (κ1) is 38.2. The van der Waals surface area contributed by atoms with E-state index in [1.165, 1.54) is 48.2 Å². The van der Waals surface area contributed by atoms with E-state index in [2.05, 4.69) is 243 Å². The summed E-state index contributed by atoms with van der Waals surface area (Å²) in [6.45, 7) is 7.19. The highest BCUT2D eigenvalue weighted by molar-refractivity contribution is 7.19. The van der Waals surface area contributed by atoms with Gasteiger partial charge in [0, 0.05) is 33.9 Å². The number of furan rings is 1. The molecule has 0 spiro atoms. The summed E-state index contributed by atoms with van der Waals surface area (Å²) in [5.74, 6) is 0. The predicted molar refractivity (Wildman–Crippen MR) is 266 cm³/mol. The van der Waals surface area contributed by atoms with Crippen LogP contribution in [0.1, 0.15) is 0 Å². The van der Waals surface area contributed by atoms with Gasteiger partial charge in [0.1, 0.15) is 11.2 Å². The van der Waals surface area contributed by atoms with E-state index in [-0.39, 0.29) is 0 Å². The van der Waals surface area contributed by atoms with Crippen LogP contribution < -0.4 is 30.8 Å². The summed E-state index contributed by atoms with van der Waals surface area (Å²) in [6.07, 6.45) is 0. The number of fused-ring (bicyclic) bond motifs is 3. The van der Waals surface area contributed by atoms with Crippen LogP contribution >= 0.6 is 0 Å². The zero-order chi connectivity index (χ0) is 41.4. The molecule has 1 aromatic heterocycles. The monoisotopic (exact) mass is 817 g/mol. The van der Waals surface area contributed by atoms with Crippen LogP contribution in [0.2, 0.25) is 19.6 Å². The molecule has 0 bridgehead atoms. The highest BCUT2D eigenvalue weighted by Crippen LogP contribution is 2.39. The van der Waals surface area contributed by atoms with Gasteiger partial charge in [-0.15, -0.1) is 0 Å². The third kappa shape index (κ3) is 7.14. The van der Waals surface area contributed by atoms with Crippen LogP contribution in [0.3, 0.4) is 0 Å². The van der Waals surface area contributed by atoms with Crippen molar-refractivity contribution >= 4 is 81.1 Å². The second kappa shape index (κ2) is 15.9. The molecule has 0 saturated heterocycles. The van der Waals surface area contributed by atoms with Crippen molar-refractivity contribution in [2.45, 2.75) is 19.6 Å². The standard InChI is InChI=1S/C57H47NOSi2/c1-60(2,3)49-36-27-44(28-37-49)42-23-31-46(32-24-42)58(48-35-40-55-54-21-13-14-22-56(54)59-57(55)41-48)47-33-25-43(26-34-47)45-29-38-53(39-30-45)61(50-15-7-4-8-16-50,51-17-9-5-10-18-51)52-19-11-6-12-20-52/h4-41H,1-3H3. The number of hydrogen-bond donors (Lipinski definition) is 0. The molecule has 0 aliphatic carbocycles. The minimum Gasteiger partial charge on any atom is -0.456 e. The van der Waals surface area contributed by atoms with Gasteiger partial charge in [0.25, 0.3) is 0 Å². The maximum Gasteiger partial charge on any atom is 0.179 e. The molecule has 0 atom stereocenters. The Morgan fingerprint density at radius 2 is 0.672 bits per heavy atom.